The molecule has 0 atom stereocenters. The second-order valence-corrected chi connectivity index (χ2v) is 8.20. The van der Waals surface area contributed by atoms with Crippen molar-refractivity contribution in [3.05, 3.63) is 30.3 Å². The van der Waals surface area contributed by atoms with Crippen LogP contribution in [0.15, 0.2) is 24.5 Å². The molecule has 11 heteroatoms. The molecule has 26 heavy (non-hydrogen) atoms. The van der Waals surface area contributed by atoms with Crippen molar-refractivity contribution in [1.82, 2.24) is 14.5 Å². The molecule has 1 aliphatic heterocycles. The van der Waals surface area contributed by atoms with Crippen molar-refractivity contribution in [2.24, 2.45) is 0 Å². The van der Waals surface area contributed by atoms with Crippen LogP contribution in [-0.4, -0.2) is 46.5 Å². The van der Waals surface area contributed by atoms with Crippen molar-refractivity contribution in [3.8, 4) is 16.9 Å². The summed E-state index contributed by atoms with van der Waals surface area (Å²) < 4.78 is 41.9. The van der Waals surface area contributed by atoms with E-state index in [1.54, 1.807) is 24.8 Å². The lowest BCUT2D eigenvalue weighted by atomic mass is 10.1. The minimum Gasteiger partial charge on any atom is -0.506 e. The summed E-state index contributed by atoms with van der Waals surface area (Å²) in [6.45, 7) is 2.82. The zero-order valence-electron chi connectivity index (χ0n) is 14.0. The standard InChI is InChI=1S/C15H17FN4O5S/c1-15(2,23)8-19-6-10(5-17-19)9-3-11(16)14(12(21)4-9)20-7-13(22)18-26(20,24)25/h3-6,21,23H,7-8H2,1-2H3,(H,18,22). The predicted molar refractivity (Wildman–Crippen MR) is 90.0 cm³/mol. The molecule has 0 aliphatic carbocycles. The van der Waals surface area contributed by atoms with Crippen LogP contribution in [-0.2, 0) is 21.5 Å². The number of aliphatic hydroxyl groups is 1. The van der Waals surface area contributed by atoms with Crippen LogP contribution in [0.4, 0.5) is 10.1 Å². The number of carbonyl (C=O) groups is 1. The van der Waals surface area contributed by atoms with Gasteiger partial charge in [0.2, 0.25) is 0 Å². The number of hydrogen-bond acceptors (Lipinski definition) is 6. The van der Waals surface area contributed by atoms with Gasteiger partial charge < -0.3 is 10.2 Å². The van der Waals surface area contributed by atoms with Crippen LogP contribution in [0, 0.1) is 5.82 Å². The van der Waals surface area contributed by atoms with Crippen molar-refractivity contribution in [1.29, 1.82) is 0 Å². The highest BCUT2D eigenvalue weighted by atomic mass is 32.2. The van der Waals surface area contributed by atoms with E-state index in [0.29, 0.717) is 9.87 Å². The van der Waals surface area contributed by atoms with Crippen LogP contribution < -0.4 is 9.03 Å². The Morgan fingerprint density at radius 1 is 1.35 bits per heavy atom. The van der Waals surface area contributed by atoms with Gasteiger partial charge in [-0.15, -0.1) is 0 Å². The van der Waals surface area contributed by atoms with E-state index >= 15 is 0 Å². The van der Waals surface area contributed by atoms with E-state index in [-0.39, 0.29) is 12.1 Å². The van der Waals surface area contributed by atoms with Crippen molar-refractivity contribution >= 4 is 21.8 Å². The molecule has 1 amide bonds. The molecule has 0 radical (unpaired) electrons. The molecule has 1 saturated heterocycles. The Bertz CT molecular complexity index is 957. The number of aromatic hydroxyl groups is 1. The number of nitrogens with one attached hydrogen (secondary N) is 1. The van der Waals surface area contributed by atoms with Gasteiger partial charge in [-0.05, 0) is 31.5 Å². The third-order valence-corrected chi connectivity index (χ3v) is 5.01. The van der Waals surface area contributed by atoms with Crippen molar-refractivity contribution in [2.45, 2.75) is 26.0 Å². The normalized spacial score (nSPS) is 16.8. The summed E-state index contributed by atoms with van der Waals surface area (Å²) in [6.07, 6.45) is 2.99. The number of rotatable bonds is 4. The number of aromatic nitrogens is 2. The first-order valence-corrected chi connectivity index (χ1v) is 9.01. The van der Waals surface area contributed by atoms with Crippen molar-refractivity contribution in [2.75, 3.05) is 10.8 Å². The summed E-state index contributed by atoms with van der Waals surface area (Å²) in [5.41, 5.74) is -0.865. The molecule has 1 aromatic carbocycles. The summed E-state index contributed by atoms with van der Waals surface area (Å²) in [5, 5.41) is 24.0. The van der Waals surface area contributed by atoms with Gasteiger partial charge in [0.1, 0.15) is 18.0 Å². The molecule has 3 N–H and O–H groups in total. The maximum atomic E-state index is 14.5. The van der Waals surface area contributed by atoms with Gasteiger partial charge in [0.05, 0.1) is 18.3 Å². The number of amides is 1. The summed E-state index contributed by atoms with van der Waals surface area (Å²) in [5.74, 6) is -2.45. The monoisotopic (exact) mass is 384 g/mol. The minimum atomic E-state index is -4.24. The molecule has 1 fully saturated rings. The van der Waals surface area contributed by atoms with Gasteiger partial charge in [-0.2, -0.15) is 13.5 Å². The molecule has 1 aromatic heterocycles. The lowest BCUT2D eigenvalue weighted by molar-refractivity contribution is -0.117. The van der Waals surface area contributed by atoms with Gasteiger partial charge in [0, 0.05) is 11.8 Å². The number of phenolic OH excluding ortho intramolecular Hbond substituents is 1. The van der Waals surface area contributed by atoms with E-state index in [0.717, 1.165) is 6.07 Å². The van der Waals surface area contributed by atoms with E-state index < -0.39 is 45.5 Å². The number of hydrogen-bond donors (Lipinski definition) is 3. The number of benzene rings is 1. The fourth-order valence-electron chi connectivity index (χ4n) is 2.64. The van der Waals surface area contributed by atoms with Gasteiger partial charge >= 0.3 is 10.2 Å². The SMILES string of the molecule is CC(C)(O)Cn1cc(-c2cc(O)c(N3CC(=O)NS3(=O)=O)c(F)c2)cn1. The van der Waals surface area contributed by atoms with E-state index in [4.69, 9.17) is 0 Å². The molecule has 1 aliphatic rings. The summed E-state index contributed by atoms with van der Waals surface area (Å²) in [7, 11) is -4.24. The predicted octanol–water partition coefficient (Wildman–Crippen LogP) is 0.347. The van der Waals surface area contributed by atoms with Crippen LogP contribution in [0.3, 0.4) is 0 Å². The molecule has 3 rings (SSSR count). The van der Waals surface area contributed by atoms with Gasteiger partial charge in [0.15, 0.2) is 5.82 Å². The van der Waals surface area contributed by atoms with Gasteiger partial charge in [0.25, 0.3) is 5.91 Å². The Kier molecular flexibility index (Phi) is 4.15. The van der Waals surface area contributed by atoms with Crippen molar-refractivity contribution in [3.63, 3.8) is 0 Å². The minimum absolute atomic E-state index is 0.208. The first kappa shape index (κ1) is 18.1. The molecule has 0 bridgehead atoms. The van der Waals surface area contributed by atoms with Crippen LogP contribution in [0.1, 0.15) is 13.8 Å². The van der Waals surface area contributed by atoms with E-state index in [2.05, 4.69) is 5.10 Å². The molecule has 2 heterocycles. The fraction of sp³-hybridized carbons (Fsp3) is 0.333. The molecule has 0 unspecified atom stereocenters. The van der Waals surface area contributed by atoms with Gasteiger partial charge in [-0.1, -0.05) is 0 Å². The molecular weight excluding hydrogens is 367 g/mol. The topological polar surface area (TPSA) is 125 Å². The Labute approximate surface area is 148 Å². The Morgan fingerprint density at radius 3 is 2.58 bits per heavy atom. The lowest BCUT2D eigenvalue weighted by Crippen LogP contribution is -2.30. The Balaban J connectivity index is 1.97. The number of phenols is 1. The second-order valence-electron chi connectivity index (χ2n) is 6.60. The Morgan fingerprint density at radius 2 is 2.04 bits per heavy atom. The number of carbonyl (C=O) groups excluding carboxylic acids is 1. The number of nitrogens with zero attached hydrogens (tertiary/aromatic N) is 3. The van der Waals surface area contributed by atoms with Gasteiger partial charge in [-0.3, -0.25) is 9.48 Å². The lowest BCUT2D eigenvalue weighted by Gasteiger charge is -2.17. The van der Waals surface area contributed by atoms with Crippen LogP contribution in [0.25, 0.3) is 11.1 Å². The van der Waals surface area contributed by atoms with E-state index in [9.17, 15) is 27.8 Å². The zero-order valence-corrected chi connectivity index (χ0v) is 14.8. The molecule has 140 valence electrons. The van der Waals surface area contributed by atoms with Gasteiger partial charge in [-0.25, -0.2) is 13.4 Å². The number of anilines is 1. The summed E-state index contributed by atoms with van der Waals surface area (Å²) in [6, 6.07) is 2.22. The first-order valence-electron chi connectivity index (χ1n) is 7.57. The second kappa shape index (κ2) is 5.95. The highest BCUT2D eigenvalue weighted by molar-refractivity contribution is 7.92. The maximum Gasteiger partial charge on any atom is 0.326 e. The largest absolute Gasteiger partial charge is 0.506 e. The third-order valence-electron chi connectivity index (χ3n) is 3.63. The molecular formula is C15H17FN4O5S. The average molecular weight is 384 g/mol. The number of halogens is 1. The molecule has 0 spiro atoms. The zero-order chi connectivity index (χ0) is 19.3. The van der Waals surface area contributed by atoms with Crippen molar-refractivity contribution < 1.29 is 27.8 Å². The smallest absolute Gasteiger partial charge is 0.326 e. The summed E-state index contributed by atoms with van der Waals surface area (Å²) in [4.78, 5) is 11.3. The van der Waals surface area contributed by atoms with Crippen LogP contribution in [0.2, 0.25) is 0 Å². The van der Waals surface area contributed by atoms with Crippen LogP contribution >= 0.6 is 0 Å². The highest BCUT2D eigenvalue weighted by Crippen LogP contribution is 2.37. The fourth-order valence-corrected chi connectivity index (χ4v) is 3.81. The average Bonchev–Trinajstić information content (AvgIpc) is 3.00. The quantitative estimate of drug-likeness (QED) is 0.698. The van der Waals surface area contributed by atoms with Crippen LogP contribution in [0.5, 0.6) is 5.75 Å². The molecule has 2 aromatic rings. The maximum absolute atomic E-state index is 14.5. The first-order chi connectivity index (χ1) is 12.0. The molecule has 0 saturated carbocycles. The Hall–Kier alpha value is -2.66. The molecule has 9 nitrogen and oxygen atoms in total. The highest BCUT2D eigenvalue weighted by Gasteiger charge is 2.37. The summed E-state index contributed by atoms with van der Waals surface area (Å²) >= 11 is 0. The van der Waals surface area contributed by atoms with E-state index in [1.807, 2.05) is 0 Å². The van der Waals surface area contributed by atoms with E-state index in [1.165, 1.54) is 16.9 Å². The third kappa shape index (κ3) is 3.48.